The van der Waals surface area contributed by atoms with Crippen LogP contribution in [0.5, 0.6) is 17.2 Å². The predicted octanol–water partition coefficient (Wildman–Crippen LogP) is 4.35. The minimum Gasteiger partial charge on any atom is -0.479 e. The molecular formula is C16H13F3O4. The lowest BCUT2D eigenvalue weighted by molar-refractivity contribution is -0.144. The average Bonchev–Trinajstić information content (AvgIpc) is 2.48. The second-order valence-electron chi connectivity index (χ2n) is 4.67. The fourth-order valence-corrected chi connectivity index (χ4v) is 1.76. The zero-order chi connectivity index (χ0) is 17.0. The summed E-state index contributed by atoms with van der Waals surface area (Å²) in [6, 6.07) is 10.5. The minimum atomic E-state index is -4.52. The highest BCUT2D eigenvalue weighted by Crippen LogP contribution is 2.38. The van der Waals surface area contributed by atoms with Gasteiger partial charge in [-0.2, -0.15) is 13.2 Å². The fraction of sp³-hybridized carbons (Fsp3) is 0.188. The summed E-state index contributed by atoms with van der Waals surface area (Å²) in [5.74, 6) is -0.981. The number of aliphatic carboxylic acids is 1. The van der Waals surface area contributed by atoms with Crippen molar-refractivity contribution in [1.82, 2.24) is 0 Å². The lowest BCUT2D eigenvalue weighted by Gasteiger charge is -2.14. The van der Waals surface area contributed by atoms with Gasteiger partial charge in [0.15, 0.2) is 6.10 Å². The maximum Gasteiger partial charge on any atom is 0.419 e. The van der Waals surface area contributed by atoms with Crippen LogP contribution in [-0.2, 0) is 11.0 Å². The molecule has 0 saturated heterocycles. The van der Waals surface area contributed by atoms with Crippen LogP contribution in [0.1, 0.15) is 12.5 Å². The van der Waals surface area contributed by atoms with E-state index in [-0.39, 0.29) is 17.2 Å². The average molecular weight is 326 g/mol. The lowest BCUT2D eigenvalue weighted by Crippen LogP contribution is -2.22. The molecule has 0 aliphatic carbocycles. The number of carboxylic acid groups (broad SMARTS) is 1. The smallest absolute Gasteiger partial charge is 0.419 e. The summed E-state index contributed by atoms with van der Waals surface area (Å²) >= 11 is 0. The molecule has 2 aromatic carbocycles. The van der Waals surface area contributed by atoms with Gasteiger partial charge < -0.3 is 14.6 Å². The highest BCUT2D eigenvalue weighted by Gasteiger charge is 2.34. The van der Waals surface area contributed by atoms with Crippen molar-refractivity contribution in [2.45, 2.75) is 19.2 Å². The molecule has 0 aliphatic heterocycles. The van der Waals surface area contributed by atoms with Crippen molar-refractivity contribution >= 4 is 5.97 Å². The van der Waals surface area contributed by atoms with E-state index in [0.717, 1.165) is 6.07 Å². The van der Waals surface area contributed by atoms with Crippen molar-refractivity contribution in [1.29, 1.82) is 0 Å². The van der Waals surface area contributed by atoms with Gasteiger partial charge in [0.1, 0.15) is 17.2 Å². The van der Waals surface area contributed by atoms with Gasteiger partial charge in [-0.3, -0.25) is 0 Å². The van der Waals surface area contributed by atoms with Crippen LogP contribution in [0.2, 0.25) is 0 Å². The number of hydrogen-bond donors (Lipinski definition) is 1. The third kappa shape index (κ3) is 4.38. The highest BCUT2D eigenvalue weighted by atomic mass is 19.4. The van der Waals surface area contributed by atoms with E-state index in [0.29, 0.717) is 0 Å². The molecule has 0 saturated carbocycles. The monoisotopic (exact) mass is 326 g/mol. The molecule has 4 nitrogen and oxygen atoms in total. The van der Waals surface area contributed by atoms with E-state index in [4.69, 9.17) is 14.6 Å². The van der Waals surface area contributed by atoms with E-state index in [2.05, 4.69) is 0 Å². The zero-order valence-electron chi connectivity index (χ0n) is 12.0. The standard InChI is InChI=1S/C16H13F3O4/c1-10(15(20)21)22-11-6-8-12(9-7-11)23-14-5-3-2-4-13(14)16(17,18)19/h2-10H,1H3,(H,20,21). The van der Waals surface area contributed by atoms with Crippen LogP contribution in [0, 0.1) is 0 Å². The molecule has 122 valence electrons. The number of para-hydroxylation sites is 1. The summed E-state index contributed by atoms with van der Waals surface area (Å²) in [6.07, 6.45) is -5.55. The molecule has 2 rings (SSSR count). The van der Waals surface area contributed by atoms with Crippen LogP contribution in [-0.4, -0.2) is 17.2 Å². The number of hydrogen-bond acceptors (Lipinski definition) is 3. The maximum atomic E-state index is 12.9. The van der Waals surface area contributed by atoms with E-state index < -0.39 is 23.8 Å². The summed E-state index contributed by atoms with van der Waals surface area (Å²) in [5, 5.41) is 8.74. The summed E-state index contributed by atoms with van der Waals surface area (Å²) in [6.45, 7) is 1.37. The Morgan fingerprint density at radius 1 is 1.04 bits per heavy atom. The second kappa shape index (κ2) is 6.60. The number of ether oxygens (including phenoxy) is 2. The molecule has 1 atom stereocenters. The van der Waals surface area contributed by atoms with Crippen LogP contribution in [0.3, 0.4) is 0 Å². The Kier molecular flexibility index (Phi) is 4.78. The van der Waals surface area contributed by atoms with Gasteiger partial charge in [0, 0.05) is 0 Å². The third-order valence-electron chi connectivity index (χ3n) is 2.90. The molecular weight excluding hydrogens is 313 g/mol. The molecule has 0 aliphatic rings. The molecule has 0 heterocycles. The molecule has 0 amide bonds. The Morgan fingerprint density at radius 3 is 2.17 bits per heavy atom. The van der Waals surface area contributed by atoms with Crippen molar-refractivity contribution in [3.63, 3.8) is 0 Å². The third-order valence-corrected chi connectivity index (χ3v) is 2.90. The molecule has 7 heteroatoms. The van der Waals surface area contributed by atoms with Crippen LogP contribution < -0.4 is 9.47 Å². The first-order valence-electron chi connectivity index (χ1n) is 6.61. The molecule has 1 unspecified atom stereocenters. The molecule has 1 N–H and O–H groups in total. The quantitative estimate of drug-likeness (QED) is 0.887. The van der Waals surface area contributed by atoms with Crippen LogP contribution in [0.15, 0.2) is 48.5 Å². The molecule has 0 aromatic heterocycles. The molecule has 2 aromatic rings. The predicted molar refractivity (Wildman–Crippen MR) is 75.7 cm³/mol. The van der Waals surface area contributed by atoms with Crippen molar-refractivity contribution in [3.05, 3.63) is 54.1 Å². The van der Waals surface area contributed by atoms with Crippen molar-refractivity contribution in [2.24, 2.45) is 0 Å². The molecule has 0 fully saturated rings. The molecule has 23 heavy (non-hydrogen) atoms. The zero-order valence-corrected chi connectivity index (χ0v) is 12.0. The van der Waals surface area contributed by atoms with Crippen molar-refractivity contribution < 1.29 is 32.5 Å². The van der Waals surface area contributed by atoms with Gasteiger partial charge >= 0.3 is 12.1 Å². The van der Waals surface area contributed by atoms with Gasteiger partial charge in [-0.15, -0.1) is 0 Å². The van der Waals surface area contributed by atoms with Crippen molar-refractivity contribution in [3.8, 4) is 17.2 Å². The number of halogens is 3. The Hall–Kier alpha value is -2.70. The van der Waals surface area contributed by atoms with Gasteiger partial charge in [-0.1, -0.05) is 12.1 Å². The molecule has 0 bridgehead atoms. The topological polar surface area (TPSA) is 55.8 Å². The van der Waals surface area contributed by atoms with Gasteiger partial charge in [-0.25, -0.2) is 4.79 Å². The van der Waals surface area contributed by atoms with Gasteiger partial charge in [0.25, 0.3) is 0 Å². The second-order valence-corrected chi connectivity index (χ2v) is 4.67. The van der Waals surface area contributed by atoms with E-state index in [9.17, 15) is 18.0 Å². The van der Waals surface area contributed by atoms with Crippen LogP contribution in [0.25, 0.3) is 0 Å². The molecule has 0 spiro atoms. The van der Waals surface area contributed by atoms with E-state index >= 15 is 0 Å². The number of carbonyl (C=O) groups is 1. The van der Waals surface area contributed by atoms with Crippen molar-refractivity contribution in [2.75, 3.05) is 0 Å². The summed E-state index contributed by atoms with van der Waals surface area (Å²) in [5.41, 5.74) is -0.875. The first kappa shape index (κ1) is 16.7. The highest BCUT2D eigenvalue weighted by molar-refractivity contribution is 5.72. The van der Waals surface area contributed by atoms with Gasteiger partial charge in [-0.05, 0) is 43.3 Å². The van der Waals surface area contributed by atoms with Crippen LogP contribution in [0.4, 0.5) is 13.2 Å². The number of rotatable bonds is 5. The molecule has 0 radical (unpaired) electrons. The fourth-order valence-electron chi connectivity index (χ4n) is 1.76. The van der Waals surface area contributed by atoms with Gasteiger partial charge in [0.05, 0.1) is 5.56 Å². The summed E-state index contributed by atoms with van der Waals surface area (Å²) in [7, 11) is 0. The largest absolute Gasteiger partial charge is 0.479 e. The summed E-state index contributed by atoms with van der Waals surface area (Å²) < 4.78 is 49.0. The Morgan fingerprint density at radius 2 is 1.61 bits per heavy atom. The van der Waals surface area contributed by atoms with E-state index in [1.54, 1.807) is 0 Å². The Labute approximate surface area is 130 Å². The number of alkyl halides is 3. The number of benzene rings is 2. The van der Waals surface area contributed by atoms with E-state index in [1.807, 2.05) is 0 Å². The van der Waals surface area contributed by atoms with Crippen LogP contribution >= 0.6 is 0 Å². The Bertz CT molecular complexity index is 680. The maximum absolute atomic E-state index is 12.9. The SMILES string of the molecule is CC(Oc1ccc(Oc2ccccc2C(F)(F)F)cc1)C(=O)O. The minimum absolute atomic E-state index is 0.178. The normalized spacial score (nSPS) is 12.5. The van der Waals surface area contributed by atoms with Gasteiger partial charge in [0.2, 0.25) is 0 Å². The number of carboxylic acids is 1. The summed E-state index contributed by atoms with van der Waals surface area (Å²) in [4.78, 5) is 10.7. The first-order valence-corrected chi connectivity index (χ1v) is 6.61. The van der Waals surface area contributed by atoms with E-state index in [1.165, 1.54) is 49.4 Å². The lowest BCUT2D eigenvalue weighted by atomic mass is 10.2. The Balaban J connectivity index is 2.15. The first-order chi connectivity index (χ1) is 10.8.